The predicted octanol–water partition coefficient (Wildman–Crippen LogP) is 5.16. The summed E-state index contributed by atoms with van der Waals surface area (Å²) >= 11 is 0. The Balaban J connectivity index is 2.28. The topological polar surface area (TPSA) is 0 Å². The van der Waals surface area contributed by atoms with Crippen LogP contribution in [0.3, 0.4) is 0 Å². The van der Waals surface area contributed by atoms with Crippen molar-refractivity contribution in [3.63, 3.8) is 0 Å². The summed E-state index contributed by atoms with van der Waals surface area (Å²) in [6, 6.07) is 1.51. The second kappa shape index (κ2) is 8.75. The van der Waals surface area contributed by atoms with E-state index in [2.05, 4.69) is 0 Å². The van der Waals surface area contributed by atoms with Gasteiger partial charge in [-0.1, -0.05) is 17.6 Å². The fourth-order valence-corrected chi connectivity index (χ4v) is 3.82. The Morgan fingerprint density at radius 2 is 0.722 bits per heavy atom. The highest BCUT2D eigenvalue weighted by molar-refractivity contribution is 6.97. The van der Waals surface area contributed by atoms with E-state index in [1.807, 2.05) is 0 Å². The smallest absolute Gasteiger partial charge is 0.206 e. The number of fused-ring (bicyclic) bond motifs is 1. The average Bonchev–Trinajstić information content (AvgIpc) is 2.85. The van der Waals surface area contributed by atoms with Gasteiger partial charge in [-0.15, -0.1) is 0 Å². The van der Waals surface area contributed by atoms with Gasteiger partial charge in [-0.2, -0.15) is 0 Å². The van der Waals surface area contributed by atoms with Crippen molar-refractivity contribution in [2.75, 3.05) is 0 Å². The third-order valence-corrected chi connectivity index (χ3v) is 5.43. The summed E-state index contributed by atoms with van der Waals surface area (Å²) in [5.41, 5.74) is -5.30. The molecule has 0 unspecified atom stereocenters. The van der Waals surface area contributed by atoms with E-state index in [1.165, 1.54) is 0 Å². The molecule has 0 aliphatic rings. The van der Waals surface area contributed by atoms with Crippen molar-refractivity contribution in [1.29, 1.82) is 0 Å². The van der Waals surface area contributed by atoms with Crippen LogP contribution in [0, 0.1) is 75.6 Å². The standard InChI is InChI=1S/C22H4BF13/c24-7-4-2-6(5-1-3-8(25)12(26)9(5)7)23(10-13(27)17(31)21(35)18(32)14(10)28)11-15(29)19(33)22(36)20(34)16(11)30/h1-4H. The second-order valence-corrected chi connectivity index (χ2v) is 7.32. The molecule has 0 spiro atoms. The van der Waals surface area contributed by atoms with Crippen LogP contribution < -0.4 is 16.4 Å². The highest BCUT2D eigenvalue weighted by Gasteiger charge is 2.41. The third-order valence-electron chi connectivity index (χ3n) is 5.43. The van der Waals surface area contributed by atoms with Gasteiger partial charge in [0.15, 0.2) is 69.8 Å². The molecule has 0 nitrogen and oxygen atoms in total. The molecule has 0 aliphatic heterocycles. The Morgan fingerprint density at radius 3 is 1.14 bits per heavy atom. The number of rotatable bonds is 3. The molecule has 0 radical (unpaired) electrons. The van der Waals surface area contributed by atoms with Gasteiger partial charge in [0.25, 0.3) is 6.71 Å². The minimum Gasteiger partial charge on any atom is -0.206 e. The van der Waals surface area contributed by atoms with E-state index in [-0.39, 0.29) is 6.07 Å². The molecule has 0 heterocycles. The van der Waals surface area contributed by atoms with Crippen LogP contribution in [0.4, 0.5) is 57.1 Å². The molecule has 36 heavy (non-hydrogen) atoms. The first kappa shape index (κ1) is 25.4. The van der Waals surface area contributed by atoms with E-state index in [0.717, 1.165) is 0 Å². The lowest BCUT2D eigenvalue weighted by atomic mass is 9.35. The van der Waals surface area contributed by atoms with Gasteiger partial charge in [0.2, 0.25) is 0 Å². The first-order chi connectivity index (χ1) is 16.8. The van der Waals surface area contributed by atoms with Gasteiger partial charge >= 0.3 is 0 Å². The van der Waals surface area contributed by atoms with E-state index in [9.17, 15) is 57.1 Å². The predicted molar refractivity (Wildman–Crippen MR) is 101 cm³/mol. The van der Waals surface area contributed by atoms with Crippen LogP contribution in [0.1, 0.15) is 0 Å². The molecule has 0 saturated carbocycles. The summed E-state index contributed by atoms with van der Waals surface area (Å²) in [7, 11) is 0. The summed E-state index contributed by atoms with van der Waals surface area (Å²) < 4.78 is 185. The Morgan fingerprint density at radius 1 is 0.361 bits per heavy atom. The van der Waals surface area contributed by atoms with Crippen molar-refractivity contribution >= 4 is 33.9 Å². The number of hydrogen-bond acceptors (Lipinski definition) is 0. The van der Waals surface area contributed by atoms with Gasteiger partial charge in [-0.3, -0.25) is 0 Å². The zero-order valence-electron chi connectivity index (χ0n) is 16.8. The van der Waals surface area contributed by atoms with Crippen LogP contribution in [0.15, 0.2) is 24.3 Å². The molecule has 0 saturated heterocycles. The van der Waals surface area contributed by atoms with Gasteiger partial charge < -0.3 is 0 Å². The highest BCUT2D eigenvalue weighted by Crippen LogP contribution is 2.25. The molecule has 4 rings (SSSR count). The molecule has 14 heteroatoms. The largest absolute Gasteiger partial charge is 0.257 e. The Labute approximate surface area is 191 Å². The van der Waals surface area contributed by atoms with E-state index < -0.39 is 109 Å². The van der Waals surface area contributed by atoms with Crippen molar-refractivity contribution in [2.45, 2.75) is 0 Å². The molecule has 0 aliphatic carbocycles. The molecule has 0 aromatic heterocycles. The molecular formula is C22H4BF13. The summed E-state index contributed by atoms with van der Waals surface area (Å²) in [4.78, 5) is 0. The third kappa shape index (κ3) is 3.49. The lowest BCUT2D eigenvalue weighted by Gasteiger charge is -2.21. The Bertz CT molecular complexity index is 1450. The summed E-state index contributed by atoms with van der Waals surface area (Å²) in [5, 5.41) is -2.24. The van der Waals surface area contributed by atoms with Crippen LogP contribution >= 0.6 is 0 Å². The minimum atomic E-state index is -3.06. The molecule has 0 bridgehead atoms. The summed E-state index contributed by atoms with van der Waals surface area (Å²) in [6.07, 6.45) is 0. The van der Waals surface area contributed by atoms with Crippen LogP contribution in [0.5, 0.6) is 0 Å². The fraction of sp³-hybridized carbons (Fsp3) is 0. The lowest BCUT2D eigenvalue weighted by molar-refractivity contribution is 0.382. The molecule has 186 valence electrons. The molecule has 4 aromatic carbocycles. The Hall–Kier alpha value is -3.71. The maximum atomic E-state index is 14.8. The molecule has 0 N–H and O–H groups in total. The quantitative estimate of drug-likeness (QED) is 0.150. The number of halogens is 13. The van der Waals surface area contributed by atoms with E-state index in [0.29, 0.717) is 18.2 Å². The summed E-state index contributed by atoms with van der Waals surface area (Å²) in [6.45, 7) is -3.06. The molecule has 0 fully saturated rings. The molecule has 0 atom stereocenters. The van der Waals surface area contributed by atoms with Crippen molar-refractivity contribution in [2.24, 2.45) is 0 Å². The van der Waals surface area contributed by atoms with Crippen molar-refractivity contribution in [3.8, 4) is 0 Å². The number of benzene rings is 4. The fourth-order valence-electron chi connectivity index (χ4n) is 3.82. The van der Waals surface area contributed by atoms with Gasteiger partial charge in [0.1, 0.15) is 5.82 Å². The second-order valence-electron chi connectivity index (χ2n) is 7.32. The first-order valence-electron chi connectivity index (χ1n) is 9.39. The zero-order chi connectivity index (χ0) is 26.8. The lowest BCUT2D eigenvalue weighted by Crippen LogP contribution is -2.58. The average molecular weight is 526 g/mol. The molecule has 4 aromatic rings. The monoisotopic (exact) mass is 526 g/mol. The first-order valence-corrected chi connectivity index (χ1v) is 9.39. The highest BCUT2D eigenvalue weighted by atomic mass is 19.2. The maximum Gasteiger partial charge on any atom is 0.257 e. The van der Waals surface area contributed by atoms with Gasteiger partial charge in [0, 0.05) is 10.9 Å². The van der Waals surface area contributed by atoms with Crippen LogP contribution in [0.2, 0.25) is 0 Å². The zero-order valence-corrected chi connectivity index (χ0v) is 16.8. The van der Waals surface area contributed by atoms with Crippen LogP contribution in [-0.2, 0) is 0 Å². The number of hydrogen-bond donors (Lipinski definition) is 0. The SMILES string of the molecule is Fc1ccc2c(B(c3c(F)c(F)c(F)c(F)c3F)c3c(F)c(F)c(F)c(F)c3F)ccc(F)c2c1F. The summed E-state index contributed by atoms with van der Waals surface area (Å²) in [5.74, 6) is -32.1. The minimum absolute atomic E-state index is 0.269. The molecular weight excluding hydrogens is 522 g/mol. The van der Waals surface area contributed by atoms with Gasteiger partial charge in [-0.05, 0) is 17.5 Å². The van der Waals surface area contributed by atoms with Gasteiger partial charge in [0.05, 0.1) is 5.39 Å². The van der Waals surface area contributed by atoms with E-state index in [4.69, 9.17) is 0 Å². The normalized spacial score (nSPS) is 11.5. The van der Waals surface area contributed by atoms with Crippen molar-refractivity contribution < 1.29 is 57.1 Å². The van der Waals surface area contributed by atoms with Crippen molar-refractivity contribution in [3.05, 3.63) is 99.9 Å². The van der Waals surface area contributed by atoms with Gasteiger partial charge in [-0.25, -0.2) is 57.1 Å². The van der Waals surface area contributed by atoms with Crippen LogP contribution in [0.25, 0.3) is 10.8 Å². The Kier molecular flexibility index (Phi) is 6.17. The van der Waals surface area contributed by atoms with E-state index in [1.54, 1.807) is 0 Å². The van der Waals surface area contributed by atoms with Crippen molar-refractivity contribution in [1.82, 2.24) is 0 Å². The van der Waals surface area contributed by atoms with Crippen LogP contribution in [-0.4, -0.2) is 6.71 Å². The van der Waals surface area contributed by atoms with E-state index >= 15 is 0 Å². The molecule has 0 amide bonds. The maximum absolute atomic E-state index is 14.8.